The van der Waals surface area contributed by atoms with E-state index in [1.54, 1.807) is 0 Å². The van der Waals surface area contributed by atoms with Crippen molar-refractivity contribution in [1.29, 1.82) is 0 Å². The number of phenolic OH excluding ortho intramolecular Hbond substituents is 2. The Bertz CT molecular complexity index is 1070. The number of hydrogen-bond acceptors (Lipinski definition) is 6. The summed E-state index contributed by atoms with van der Waals surface area (Å²) < 4.78 is 0. The zero-order valence-corrected chi connectivity index (χ0v) is 25.5. The molecule has 0 aliphatic rings. The highest BCUT2D eigenvalue weighted by molar-refractivity contribution is 5.85. The highest BCUT2D eigenvalue weighted by atomic mass is 16.7. The fraction of sp³-hybridized carbons (Fsp3) is 0.562. The second-order valence-electron chi connectivity index (χ2n) is 14.1. The Morgan fingerprint density at radius 1 is 0.553 bits per heavy atom. The summed E-state index contributed by atoms with van der Waals surface area (Å²) >= 11 is 0. The number of phenols is 2. The molecule has 2 rings (SSSR count). The van der Waals surface area contributed by atoms with Crippen molar-refractivity contribution in [2.75, 3.05) is 13.2 Å². The molecule has 0 bridgehead atoms. The molecule has 2 aromatic rings. The maximum Gasteiger partial charge on any atom is 0.153 e. The molecule has 6 heteroatoms. The molecule has 0 saturated carbocycles. The van der Waals surface area contributed by atoms with Crippen LogP contribution in [0.3, 0.4) is 0 Å². The predicted octanol–water partition coefficient (Wildman–Crippen LogP) is 7.69. The van der Waals surface area contributed by atoms with Gasteiger partial charge in [-0.3, -0.25) is 0 Å². The zero-order chi connectivity index (χ0) is 29.1. The van der Waals surface area contributed by atoms with Gasteiger partial charge in [0.25, 0.3) is 0 Å². The smallest absolute Gasteiger partial charge is 0.153 e. The van der Waals surface area contributed by atoms with Crippen molar-refractivity contribution in [3.8, 4) is 11.5 Å². The lowest BCUT2D eigenvalue weighted by Crippen LogP contribution is -2.17. The lowest BCUT2D eigenvalue weighted by atomic mass is 9.79. The molecule has 2 N–H and O–H groups in total. The average molecular weight is 525 g/mol. The number of hydrogen-bond donors (Lipinski definition) is 2. The van der Waals surface area contributed by atoms with Crippen LogP contribution in [-0.2, 0) is 31.3 Å². The molecule has 0 aromatic heterocycles. The molecule has 0 unspecified atom stereocenters. The van der Waals surface area contributed by atoms with Crippen LogP contribution < -0.4 is 0 Å². The molecular weight excluding hydrogens is 476 g/mol. The van der Waals surface area contributed by atoms with Crippen molar-refractivity contribution in [3.63, 3.8) is 0 Å². The van der Waals surface area contributed by atoms with E-state index in [-0.39, 0.29) is 46.4 Å². The first-order valence-electron chi connectivity index (χ1n) is 13.3. The zero-order valence-electron chi connectivity index (χ0n) is 25.5. The van der Waals surface area contributed by atoms with Gasteiger partial charge in [0.1, 0.15) is 11.5 Å². The molecule has 210 valence electrons. The lowest BCUT2D eigenvalue weighted by Gasteiger charge is -2.26. The molecule has 2 aromatic carbocycles. The topological polar surface area (TPSA) is 83.6 Å². The predicted molar refractivity (Wildman–Crippen MR) is 158 cm³/mol. The van der Waals surface area contributed by atoms with Gasteiger partial charge in [0, 0.05) is 22.3 Å². The van der Waals surface area contributed by atoms with Crippen LogP contribution in [0.1, 0.15) is 116 Å². The third kappa shape index (κ3) is 8.24. The van der Waals surface area contributed by atoms with E-state index in [0.717, 1.165) is 22.3 Å². The molecule has 0 heterocycles. The molecule has 0 amide bonds. The summed E-state index contributed by atoms with van der Waals surface area (Å²) in [6.45, 7) is 25.7. The van der Waals surface area contributed by atoms with E-state index < -0.39 is 0 Å². The summed E-state index contributed by atoms with van der Waals surface area (Å²) in [7, 11) is 0. The first-order chi connectivity index (χ1) is 17.2. The molecule has 0 saturated heterocycles. The van der Waals surface area contributed by atoms with Crippen LogP contribution in [-0.4, -0.2) is 35.9 Å². The van der Waals surface area contributed by atoms with Gasteiger partial charge in [-0.15, -0.1) is 0 Å². The van der Waals surface area contributed by atoms with E-state index in [1.165, 1.54) is 12.4 Å². The number of oxime groups is 2. The molecule has 0 radical (unpaired) electrons. The first kappa shape index (κ1) is 31.2. The summed E-state index contributed by atoms with van der Waals surface area (Å²) in [6, 6.07) is 8.03. The maximum atomic E-state index is 10.8. The highest BCUT2D eigenvalue weighted by Crippen LogP contribution is 2.38. The molecule has 0 atom stereocenters. The van der Waals surface area contributed by atoms with Gasteiger partial charge in [-0.05, 0) is 44.9 Å². The minimum Gasteiger partial charge on any atom is -0.507 e. The van der Waals surface area contributed by atoms with Gasteiger partial charge in [-0.2, -0.15) is 0 Å². The number of nitrogens with zero attached hydrogens (tertiary/aromatic N) is 2. The lowest BCUT2D eigenvalue weighted by molar-refractivity contribution is 0.0553. The standard InChI is InChI=1S/C32H48N2O4/c1-29(2,3)23-15-21(27(35)25(17-23)31(7,8)9)19-33-37-13-14-38-34-20-22-16-24(30(4,5)6)18-26(28(22)36)32(10,11)12/h15-20,35-36H,13-14H2,1-12H3/b33-19+,34-20+. The maximum absolute atomic E-state index is 10.8. The molecule has 0 aliphatic carbocycles. The van der Waals surface area contributed by atoms with Gasteiger partial charge in [-0.1, -0.05) is 106 Å². The normalized spacial score (nSPS) is 13.5. The summed E-state index contributed by atoms with van der Waals surface area (Å²) in [4.78, 5) is 10.7. The van der Waals surface area contributed by atoms with Crippen molar-refractivity contribution in [1.82, 2.24) is 0 Å². The van der Waals surface area contributed by atoms with E-state index >= 15 is 0 Å². The Morgan fingerprint density at radius 3 is 1.13 bits per heavy atom. The van der Waals surface area contributed by atoms with Crippen molar-refractivity contribution in [2.45, 2.75) is 105 Å². The van der Waals surface area contributed by atoms with Crippen LogP contribution in [0, 0.1) is 0 Å². The third-order valence-electron chi connectivity index (χ3n) is 6.43. The van der Waals surface area contributed by atoms with E-state index in [9.17, 15) is 10.2 Å². The van der Waals surface area contributed by atoms with Crippen molar-refractivity contribution < 1.29 is 19.9 Å². The Labute approximate surface area is 229 Å². The minimum absolute atomic E-state index is 0.0720. The first-order valence-corrected chi connectivity index (χ1v) is 13.3. The second kappa shape index (κ2) is 11.4. The fourth-order valence-electron chi connectivity index (χ4n) is 3.89. The van der Waals surface area contributed by atoms with Gasteiger partial charge in [0.15, 0.2) is 13.2 Å². The van der Waals surface area contributed by atoms with Gasteiger partial charge in [-0.25, -0.2) is 0 Å². The number of aromatic hydroxyl groups is 2. The Morgan fingerprint density at radius 2 is 0.868 bits per heavy atom. The van der Waals surface area contributed by atoms with E-state index in [2.05, 4.69) is 106 Å². The average Bonchev–Trinajstić information content (AvgIpc) is 2.74. The summed E-state index contributed by atoms with van der Waals surface area (Å²) in [6.07, 6.45) is 3.07. The van der Waals surface area contributed by atoms with Gasteiger partial charge in [0.05, 0.1) is 12.4 Å². The molecule has 0 spiro atoms. The van der Waals surface area contributed by atoms with Crippen LogP contribution in [0.2, 0.25) is 0 Å². The summed E-state index contributed by atoms with van der Waals surface area (Å²) in [5.74, 6) is 0.427. The van der Waals surface area contributed by atoms with Crippen LogP contribution in [0.25, 0.3) is 0 Å². The molecule has 0 aliphatic heterocycles. The minimum atomic E-state index is -0.213. The summed E-state index contributed by atoms with van der Waals surface area (Å²) in [5.41, 5.74) is 4.64. The SMILES string of the molecule is CC(C)(C)c1cc(/C=N/OCCO/N=C/c2cc(C(C)(C)C)cc(C(C)(C)C)c2O)c(O)c(C(C)(C)C)c1. The number of benzene rings is 2. The van der Waals surface area contributed by atoms with Crippen LogP contribution in [0.4, 0.5) is 0 Å². The third-order valence-corrected chi connectivity index (χ3v) is 6.43. The monoisotopic (exact) mass is 524 g/mol. The highest BCUT2D eigenvalue weighted by Gasteiger charge is 2.25. The molecule has 0 fully saturated rings. The summed E-state index contributed by atoms with van der Waals surface area (Å²) in [5, 5.41) is 29.8. The molecule has 38 heavy (non-hydrogen) atoms. The van der Waals surface area contributed by atoms with E-state index in [1.807, 2.05) is 12.1 Å². The van der Waals surface area contributed by atoms with Crippen LogP contribution in [0.5, 0.6) is 11.5 Å². The van der Waals surface area contributed by atoms with Gasteiger partial charge >= 0.3 is 0 Å². The molecule has 6 nitrogen and oxygen atoms in total. The number of rotatable bonds is 7. The largest absolute Gasteiger partial charge is 0.507 e. The van der Waals surface area contributed by atoms with Crippen molar-refractivity contribution in [2.24, 2.45) is 10.3 Å². The Balaban J connectivity index is 2.07. The van der Waals surface area contributed by atoms with Gasteiger partial charge in [0.2, 0.25) is 0 Å². The Kier molecular flexibility index (Phi) is 9.35. The Hall–Kier alpha value is -3.02. The van der Waals surface area contributed by atoms with Crippen molar-refractivity contribution in [3.05, 3.63) is 57.6 Å². The van der Waals surface area contributed by atoms with Crippen LogP contribution >= 0.6 is 0 Å². The van der Waals surface area contributed by atoms with Gasteiger partial charge < -0.3 is 19.9 Å². The fourth-order valence-corrected chi connectivity index (χ4v) is 3.89. The van der Waals surface area contributed by atoms with Crippen LogP contribution in [0.15, 0.2) is 34.6 Å². The second-order valence-corrected chi connectivity index (χ2v) is 14.1. The van der Waals surface area contributed by atoms with Crippen molar-refractivity contribution >= 4 is 12.4 Å². The quantitative estimate of drug-likeness (QED) is 0.221. The van der Waals surface area contributed by atoms with E-state index in [0.29, 0.717) is 11.1 Å². The van der Waals surface area contributed by atoms with E-state index in [4.69, 9.17) is 9.68 Å². The molecular formula is C32H48N2O4.